The van der Waals surface area contributed by atoms with Gasteiger partial charge < -0.3 is 5.11 Å². The summed E-state index contributed by atoms with van der Waals surface area (Å²) >= 11 is 0. The highest BCUT2D eigenvalue weighted by atomic mass is 16.3. The molecule has 1 rings (SSSR count). The SMILES string of the molecule is C=CC(=O)C(=O)CC1CCC(O)CC1. The molecule has 3 nitrogen and oxygen atoms in total. The van der Waals surface area contributed by atoms with Crippen molar-refractivity contribution in [2.24, 2.45) is 5.92 Å². The van der Waals surface area contributed by atoms with Crippen molar-refractivity contribution in [3.63, 3.8) is 0 Å². The second-order valence-corrected chi connectivity index (χ2v) is 3.87. The zero-order valence-corrected chi connectivity index (χ0v) is 8.24. The average Bonchev–Trinajstić information content (AvgIpc) is 2.20. The van der Waals surface area contributed by atoms with Crippen LogP contribution in [0.1, 0.15) is 32.1 Å². The number of aliphatic hydroxyl groups excluding tert-OH is 1. The zero-order valence-electron chi connectivity index (χ0n) is 8.24. The molecule has 3 heteroatoms. The van der Waals surface area contributed by atoms with E-state index in [2.05, 4.69) is 6.58 Å². The van der Waals surface area contributed by atoms with E-state index in [1.54, 1.807) is 0 Å². The number of ketones is 2. The second-order valence-electron chi connectivity index (χ2n) is 3.87. The first-order chi connectivity index (χ1) is 6.63. The van der Waals surface area contributed by atoms with Gasteiger partial charge in [0.15, 0.2) is 0 Å². The molecular weight excluding hydrogens is 180 g/mol. The van der Waals surface area contributed by atoms with Crippen LogP contribution in [-0.2, 0) is 9.59 Å². The van der Waals surface area contributed by atoms with Gasteiger partial charge in [0.1, 0.15) is 0 Å². The lowest BCUT2D eigenvalue weighted by molar-refractivity contribution is -0.134. The molecule has 0 amide bonds. The van der Waals surface area contributed by atoms with Crippen molar-refractivity contribution in [1.82, 2.24) is 0 Å². The number of aliphatic hydroxyl groups is 1. The predicted octanol–water partition coefficient (Wildman–Crippen LogP) is 1.25. The molecule has 0 atom stereocenters. The van der Waals surface area contributed by atoms with Gasteiger partial charge in [0.2, 0.25) is 11.6 Å². The summed E-state index contributed by atoms with van der Waals surface area (Å²) in [6.45, 7) is 3.28. The molecule has 0 spiro atoms. The van der Waals surface area contributed by atoms with E-state index in [1.165, 1.54) is 0 Å². The summed E-state index contributed by atoms with van der Waals surface area (Å²) in [4.78, 5) is 22.2. The maximum atomic E-state index is 11.2. The molecule has 0 saturated heterocycles. The normalized spacial score (nSPS) is 26.9. The second kappa shape index (κ2) is 5.05. The van der Waals surface area contributed by atoms with Crippen LogP contribution in [0.2, 0.25) is 0 Å². The Balaban J connectivity index is 2.34. The Hall–Kier alpha value is -0.960. The Kier molecular flexibility index (Phi) is 4.01. The molecule has 1 aliphatic carbocycles. The first kappa shape index (κ1) is 11.1. The topological polar surface area (TPSA) is 54.4 Å². The average molecular weight is 196 g/mol. The minimum atomic E-state index is -0.490. The molecule has 0 bridgehead atoms. The van der Waals surface area contributed by atoms with Gasteiger partial charge in [0, 0.05) is 6.42 Å². The van der Waals surface area contributed by atoms with Crippen molar-refractivity contribution in [2.75, 3.05) is 0 Å². The van der Waals surface area contributed by atoms with Gasteiger partial charge in [-0.15, -0.1) is 0 Å². The summed E-state index contributed by atoms with van der Waals surface area (Å²) < 4.78 is 0. The van der Waals surface area contributed by atoms with Gasteiger partial charge in [-0.05, 0) is 37.7 Å². The van der Waals surface area contributed by atoms with Gasteiger partial charge in [-0.3, -0.25) is 9.59 Å². The maximum absolute atomic E-state index is 11.2. The maximum Gasteiger partial charge on any atom is 0.220 e. The van der Waals surface area contributed by atoms with Gasteiger partial charge >= 0.3 is 0 Å². The van der Waals surface area contributed by atoms with Crippen LogP contribution in [0.15, 0.2) is 12.7 Å². The van der Waals surface area contributed by atoms with E-state index in [9.17, 15) is 14.7 Å². The fraction of sp³-hybridized carbons (Fsp3) is 0.636. The summed E-state index contributed by atoms with van der Waals surface area (Å²) in [7, 11) is 0. The molecule has 0 unspecified atom stereocenters. The number of carbonyl (C=O) groups is 2. The Morgan fingerprint density at radius 1 is 1.29 bits per heavy atom. The van der Waals surface area contributed by atoms with Gasteiger partial charge in [-0.1, -0.05) is 6.58 Å². The van der Waals surface area contributed by atoms with Gasteiger partial charge in [-0.25, -0.2) is 0 Å². The van der Waals surface area contributed by atoms with Crippen LogP contribution in [0.4, 0.5) is 0 Å². The highest BCUT2D eigenvalue weighted by Gasteiger charge is 2.23. The van der Waals surface area contributed by atoms with Crippen LogP contribution >= 0.6 is 0 Å². The van der Waals surface area contributed by atoms with Crippen LogP contribution in [0.3, 0.4) is 0 Å². The third kappa shape index (κ3) is 3.07. The van der Waals surface area contributed by atoms with Crippen LogP contribution in [-0.4, -0.2) is 22.8 Å². The smallest absolute Gasteiger partial charge is 0.220 e. The third-order valence-corrected chi connectivity index (χ3v) is 2.75. The molecule has 0 aromatic carbocycles. The van der Waals surface area contributed by atoms with Crippen LogP contribution < -0.4 is 0 Å². The lowest BCUT2D eigenvalue weighted by atomic mass is 9.84. The highest BCUT2D eigenvalue weighted by Crippen LogP contribution is 2.26. The molecule has 1 aliphatic rings. The minimum Gasteiger partial charge on any atom is -0.393 e. The van der Waals surface area contributed by atoms with E-state index in [4.69, 9.17) is 0 Å². The molecule has 0 aromatic heterocycles. The molecule has 1 saturated carbocycles. The summed E-state index contributed by atoms with van der Waals surface area (Å²) in [5.74, 6) is -0.563. The molecule has 0 aromatic rings. The van der Waals surface area contributed by atoms with Crippen molar-refractivity contribution in [2.45, 2.75) is 38.2 Å². The highest BCUT2D eigenvalue weighted by molar-refractivity contribution is 6.41. The Morgan fingerprint density at radius 3 is 2.36 bits per heavy atom. The number of hydrogen-bond donors (Lipinski definition) is 1. The van der Waals surface area contributed by atoms with Gasteiger partial charge in [0.05, 0.1) is 6.10 Å². The molecular formula is C11H16O3. The first-order valence-electron chi connectivity index (χ1n) is 5.01. The minimum absolute atomic E-state index is 0.212. The number of carbonyl (C=O) groups excluding carboxylic acids is 2. The van der Waals surface area contributed by atoms with Crippen LogP contribution in [0.5, 0.6) is 0 Å². The fourth-order valence-electron chi connectivity index (χ4n) is 1.83. The van der Waals surface area contributed by atoms with Crippen molar-refractivity contribution >= 4 is 11.6 Å². The van der Waals surface area contributed by atoms with Crippen LogP contribution in [0.25, 0.3) is 0 Å². The van der Waals surface area contributed by atoms with E-state index >= 15 is 0 Å². The third-order valence-electron chi connectivity index (χ3n) is 2.75. The largest absolute Gasteiger partial charge is 0.393 e. The number of rotatable bonds is 4. The van der Waals surface area contributed by atoms with Crippen molar-refractivity contribution in [3.05, 3.63) is 12.7 Å². The lowest BCUT2D eigenvalue weighted by Crippen LogP contribution is -2.22. The Morgan fingerprint density at radius 2 is 1.86 bits per heavy atom. The Bertz CT molecular complexity index is 237. The monoisotopic (exact) mass is 196 g/mol. The van der Waals surface area contributed by atoms with Crippen molar-refractivity contribution < 1.29 is 14.7 Å². The first-order valence-corrected chi connectivity index (χ1v) is 5.01. The van der Waals surface area contributed by atoms with Gasteiger partial charge in [0.25, 0.3) is 0 Å². The molecule has 0 radical (unpaired) electrons. The molecule has 1 fully saturated rings. The van der Waals surface area contributed by atoms with Crippen molar-refractivity contribution in [3.8, 4) is 0 Å². The predicted molar refractivity (Wildman–Crippen MR) is 52.8 cm³/mol. The standard InChI is InChI=1S/C11H16O3/c1-2-10(13)11(14)7-8-3-5-9(12)6-4-8/h2,8-9,12H,1,3-7H2. The van der Waals surface area contributed by atoms with E-state index in [1.807, 2.05) is 0 Å². The molecule has 78 valence electrons. The molecule has 0 aliphatic heterocycles. The summed E-state index contributed by atoms with van der Waals surface area (Å²) in [5.41, 5.74) is 0. The molecule has 0 heterocycles. The van der Waals surface area contributed by atoms with E-state index in [0.717, 1.165) is 31.8 Å². The quantitative estimate of drug-likeness (QED) is 0.544. The van der Waals surface area contributed by atoms with E-state index in [-0.39, 0.29) is 17.8 Å². The zero-order chi connectivity index (χ0) is 10.6. The number of hydrogen-bond acceptors (Lipinski definition) is 3. The number of allylic oxidation sites excluding steroid dienone is 1. The van der Waals surface area contributed by atoms with Crippen molar-refractivity contribution in [1.29, 1.82) is 0 Å². The Labute approximate surface area is 83.8 Å². The lowest BCUT2D eigenvalue weighted by Gasteiger charge is -2.24. The summed E-state index contributed by atoms with van der Waals surface area (Å²) in [6.07, 6.45) is 4.36. The van der Waals surface area contributed by atoms with Gasteiger partial charge in [-0.2, -0.15) is 0 Å². The van der Waals surface area contributed by atoms with E-state index < -0.39 is 5.78 Å². The fourth-order valence-corrected chi connectivity index (χ4v) is 1.83. The summed E-state index contributed by atoms with van der Waals surface area (Å²) in [6, 6.07) is 0. The van der Waals surface area contributed by atoms with Crippen LogP contribution in [0, 0.1) is 5.92 Å². The molecule has 1 N–H and O–H groups in total. The van der Waals surface area contributed by atoms with E-state index in [0.29, 0.717) is 6.42 Å². The number of Topliss-reactive ketones (excluding diaryl/α,β-unsaturated/α-hetero) is 1. The molecule has 14 heavy (non-hydrogen) atoms. The summed E-state index contributed by atoms with van der Waals surface area (Å²) in [5, 5.41) is 9.25.